The average Bonchev–Trinajstić information content (AvgIpc) is 3.18. The van der Waals surface area contributed by atoms with E-state index in [9.17, 15) is 0 Å². The van der Waals surface area contributed by atoms with Crippen molar-refractivity contribution < 1.29 is 45.2 Å². The maximum Gasteiger partial charge on any atom is -1.00 e. The zero-order valence-corrected chi connectivity index (χ0v) is 25.3. The molecule has 0 spiro atoms. The second kappa shape index (κ2) is 11.2. The van der Waals surface area contributed by atoms with Crippen molar-refractivity contribution in [2.24, 2.45) is 5.92 Å². The summed E-state index contributed by atoms with van der Waals surface area (Å²) in [5, 5.41) is 0. The number of hydrogen-bond donors (Lipinski definition) is 0. The van der Waals surface area contributed by atoms with E-state index < -0.39 is 20.4 Å². The van der Waals surface area contributed by atoms with Crippen LogP contribution in [0.1, 0.15) is 61.4 Å². The van der Waals surface area contributed by atoms with Crippen molar-refractivity contribution in [2.45, 2.75) is 57.8 Å². The minimum absolute atomic E-state index is 0. The fourth-order valence-electron chi connectivity index (χ4n) is 5.65. The number of benzene rings is 2. The summed E-state index contributed by atoms with van der Waals surface area (Å²) in [6.45, 7) is 17.3. The Hall–Kier alpha value is -0.660. The van der Waals surface area contributed by atoms with Crippen molar-refractivity contribution in [3.8, 4) is 0 Å². The van der Waals surface area contributed by atoms with Crippen LogP contribution in [0.2, 0.25) is 13.1 Å². The van der Waals surface area contributed by atoms with Crippen molar-refractivity contribution in [2.75, 3.05) is 0 Å². The van der Waals surface area contributed by atoms with Crippen LogP contribution in [0.5, 0.6) is 0 Å². The van der Waals surface area contributed by atoms with Gasteiger partial charge in [0.25, 0.3) is 0 Å². The number of rotatable bonds is 4. The van der Waals surface area contributed by atoms with Crippen molar-refractivity contribution >= 4 is 11.0 Å². The van der Waals surface area contributed by atoms with Gasteiger partial charge in [0.1, 0.15) is 0 Å². The molecule has 4 heteroatoms. The molecule has 0 nitrogen and oxygen atoms in total. The smallest absolute Gasteiger partial charge is 1.00 e. The molecular formula is C28H34Cl2SiZr. The molecule has 4 rings (SSSR count). The zero-order chi connectivity index (χ0) is 21.6. The Labute approximate surface area is 215 Å². The van der Waals surface area contributed by atoms with E-state index in [1.807, 2.05) is 3.28 Å². The Morgan fingerprint density at radius 2 is 1.44 bits per heavy atom. The largest absolute Gasteiger partial charge is 1.00 e. The molecule has 168 valence electrons. The van der Waals surface area contributed by atoms with Gasteiger partial charge in [-0.05, 0) is 0 Å². The summed E-state index contributed by atoms with van der Waals surface area (Å²) in [7, 11) is 0. The summed E-state index contributed by atoms with van der Waals surface area (Å²) in [6, 6.07) is 20.5. The van der Waals surface area contributed by atoms with Gasteiger partial charge in [-0.15, -0.1) is 0 Å². The second-order valence-electron chi connectivity index (χ2n) is 9.12. The molecule has 32 heavy (non-hydrogen) atoms. The van der Waals surface area contributed by atoms with Crippen LogP contribution in [0, 0.1) is 5.92 Å². The van der Waals surface area contributed by atoms with E-state index in [0.29, 0.717) is 9.54 Å². The fourth-order valence-corrected chi connectivity index (χ4v) is 26.3. The maximum absolute atomic E-state index is 2.62. The van der Waals surface area contributed by atoms with Gasteiger partial charge in [0, 0.05) is 0 Å². The topological polar surface area (TPSA) is 0 Å². The van der Waals surface area contributed by atoms with Crippen LogP contribution in [-0.2, 0) is 20.4 Å². The van der Waals surface area contributed by atoms with Gasteiger partial charge in [-0.2, -0.15) is 0 Å². The molecule has 0 N–H and O–H groups in total. The van der Waals surface area contributed by atoms with Crippen molar-refractivity contribution in [3.63, 3.8) is 0 Å². The quantitative estimate of drug-likeness (QED) is 0.503. The molecule has 0 aromatic heterocycles. The van der Waals surface area contributed by atoms with E-state index in [2.05, 4.69) is 102 Å². The number of allylic oxidation sites excluding steroid dienone is 5. The van der Waals surface area contributed by atoms with Gasteiger partial charge in [0.05, 0.1) is 0 Å². The molecule has 0 aliphatic heterocycles. The minimum Gasteiger partial charge on any atom is -1.00 e. The molecule has 0 radical (unpaired) electrons. The third kappa shape index (κ3) is 4.50. The third-order valence-corrected chi connectivity index (χ3v) is 26.2. The Morgan fingerprint density at radius 3 is 1.97 bits per heavy atom. The Bertz CT molecular complexity index is 1140. The standard InChI is InChI=1S/C17H15.C9H13.C2H6Si.2ClH.Zr/c1-2-13-12-15-10-6-7-11-16(15)17(13)14-8-4-3-5-9-14;1-6-5-7(2)9(4)8(6)3;1-3-2;;;/h3-12H,2H2,1H3;6H,1-4H3;1-2H3;2*1H;/q;;;;;+2/p-2. The number of hydrogen-bond acceptors (Lipinski definition) is 0. The van der Waals surface area contributed by atoms with E-state index in [1.54, 1.807) is 33.4 Å². The predicted octanol–water partition coefficient (Wildman–Crippen LogP) is 2.09. The Kier molecular flexibility index (Phi) is 9.63. The summed E-state index contributed by atoms with van der Waals surface area (Å²) >= 11 is -1.96. The van der Waals surface area contributed by atoms with Gasteiger partial charge in [-0.1, -0.05) is 0 Å². The van der Waals surface area contributed by atoms with Crippen molar-refractivity contribution in [3.05, 3.63) is 96.9 Å². The van der Waals surface area contributed by atoms with Gasteiger partial charge < -0.3 is 24.8 Å². The van der Waals surface area contributed by atoms with Gasteiger partial charge in [-0.3, -0.25) is 0 Å². The van der Waals surface area contributed by atoms with Gasteiger partial charge in [0.2, 0.25) is 0 Å². The van der Waals surface area contributed by atoms with Crippen LogP contribution in [-0.4, -0.2) is 5.43 Å². The first kappa shape index (κ1) is 27.6. The van der Waals surface area contributed by atoms with E-state index in [-0.39, 0.29) is 30.2 Å². The summed E-state index contributed by atoms with van der Waals surface area (Å²) in [6.07, 6.45) is 1.16. The minimum atomic E-state index is -1.96. The fraction of sp³-hybridized carbons (Fsp3) is 0.357. The van der Waals surface area contributed by atoms with Crippen LogP contribution in [0.4, 0.5) is 0 Å². The molecule has 0 amide bonds. The summed E-state index contributed by atoms with van der Waals surface area (Å²) in [5.74, 6) is 0.658. The molecule has 2 atom stereocenters. The Balaban J connectivity index is 0.00000181. The van der Waals surface area contributed by atoms with E-state index in [1.165, 1.54) is 11.1 Å². The van der Waals surface area contributed by atoms with Gasteiger partial charge in [0.15, 0.2) is 0 Å². The number of halogens is 2. The van der Waals surface area contributed by atoms with Gasteiger partial charge in [-0.25, -0.2) is 0 Å². The Morgan fingerprint density at radius 1 is 0.844 bits per heavy atom. The normalized spacial score (nSPS) is 19.3. The molecule has 0 saturated carbocycles. The molecule has 0 saturated heterocycles. The number of fused-ring (bicyclic) bond motifs is 1. The molecule has 2 aromatic rings. The molecule has 2 unspecified atom stereocenters. The van der Waals surface area contributed by atoms with Crippen LogP contribution in [0.15, 0.2) is 80.2 Å². The van der Waals surface area contributed by atoms with Crippen molar-refractivity contribution in [1.82, 2.24) is 0 Å². The average molecular weight is 561 g/mol. The molecule has 0 heterocycles. The first-order chi connectivity index (χ1) is 14.4. The van der Waals surface area contributed by atoms with Crippen LogP contribution < -0.4 is 24.8 Å². The van der Waals surface area contributed by atoms with E-state index in [0.717, 1.165) is 6.42 Å². The molecular weight excluding hydrogens is 527 g/mol. The SMILES string of the molecule is CCC1=C(c2ccccc2)c2ccccc2[CH]1[Zr+2]([C]1=C(C)C(C)=C(C)C1C)=[Si](C)C.[Cl-].[Cl-]. The van der Waals surface area contributed by atoms with Crippen LogP contribution in [0.3, 0.4) is 0 Å². The molecule has 2 aromatic carbocycles. The van der Waals surface area contributed by atoms with Gasteiger partial charge >= 0.3 is 192 Å². The first-order valence-electron chi connectivity index (χ1n) is 11.3. The molecule has 0 bridgehead atoms. The summed E-state index contributed by atoms with van der Waals surface area (Å²) in [5.41, 5.74) is 12.3. The summed E-state index contributed by atoms with van der Waals surface area (Å²) < 4.78 is 2.63. The van der Waals surface area contributed by atoms with Crippen LogP contribution >= 0.6 is 0 Å². The monoisotopic (exact) mass is 558 g/mol. The maximum atomic E-state index is 2.62. The summed E-state index contributed by atoms with van der Waals surface area (Å²) in [4.78, 5) is 0. The van der Waals surface area contributed by atoms with E-state index in [4.69, 9.17) is 0 Å². The first-order valence-corrected chi connectivity index (χ1v) is 20.2. The third-order valence-electron chi connectivity index (χ3n) is 7.41. The molecule has 0 fully saturated rings. The predicted molar refractivity (Wildman–Crippen MR) is 130 cm³/mol. The van der Waals surface area contributed by atoms with Crippen molar-refractivity contribution in [1.29, 1.82) is 0 Å². The molecule has 2 aliphatic rings. The van der Waals surface area contributed by atoms with Crippen LogP contribution in [0.25, 0.3) is 5.57 Å². The second-order valence-corrected chi connectivity index (χ2v) is 26.5. The molecule has 2 aliphatic carbocycles. The zero-order valence-electron chi connectivity index (χ0n) is 20.3. The van der Waals surface area contributed by atoms with E-state index >= 15 is 0 Å².